The molecule has 0 saturated carbocycles. The molecule has 0 spiro atoms. The molecule has 0 aliphatic carbocycles. The highest BCUT2D eigenvalue weighted by Crippen LogP contribution is 2.25. The van der Waals surface area contributed by atoms with E-state index in [2.05, 4.69) is 0 Å². The molecule has 0 N–H and O–H groups in total. The van der Waals surface area contributed by atoms with Crippen molar-refractivity contribution in [2.24, 2.45) is 0 Å². The van der Waals surface area contributed by atoms with Crippen LogP contribution >= 0.6 is 11.8 Å². The fourth-order valence-electron chi connectivity index (χ4n) is 2.21. The van der Waals surface area contributed by atoms with Crippen LogP contribution in [0.4, 0.5) is 0 Å². The Bertz CT molecular complexity index is 377. The van der Waals surface area contributed by atoms with Crippen LogP contribution in [0, 0.1) is 0 Å². The number of allylic oxidation sites excluding steroid dienone is 1. The van der Waals surface area contributed by atoms with Crippen LogP contribution in [0.25, 0.3) is 0 Å². The number of carbonyl (C=O) groups is 2. The van der Waals surface area contributed by atoms with E-state index in [9.17, 15) is 9.59 Å². The lowest BCUT2D eigenvalue weighted by molar-refractivity contribution is -0.144. The number of nitrogens with zero attached hydrogens (tertiary/aromatic N) is 2. The lowest BCUT2D eigenvalue weighted by Crippen LogP contribution is -2.53. The van der Waals surface area contributed by atoms with Crippen LogP contribution in [-0.2, 0) is 9.59 Å². The first kappa shape index (κ1) is 13.5. The van der Waals surface area contributed by atoms with Gasteiger partial charge in [0.25, 0.3) is 5.91 Å². The first-order chi connectivity index (χ1) is 8.65. The Kier molecular flexibility index (Phi) is 4.32. The fraction of sp³-hybridized carbons (Fsp3) is 0.692. The van der Waals surface area contributed by atoms with Gasteiger partial charge in [0.15, 0.2) is 0 Å². The number of hydrogen-bond acceptors (Lipinski definition) is 3. The summed E-state index contributed by atoms with van der Waals surface area (Å²) in [5, 5.41) is 0. The van der Waals surface area contributed by atoms with E-state index in [1.807, 2.05) is 24.8 Å². The summed E-state index contributed by atoms with van der Waals surface area (Å²) in [6, 6.07) is -0.247. The second kappa shape index (κ2) is 5.78. The Morgan fingerprint density at radius 2 is 2.11 bits per heavy atom. The molecule has 0 aromatic heterocycles. The maximum Gasteiger partial charge on any atom is 0.250 e. The molecule has 0 aromatic carbocycles. The third-order valence-corrected chi connectivity index (χ3v) is 4.46. The third-order valence-electron chi connectivity index (χ3n) is 3.44. The number of carbonyl (C=O) groups excluding carboxylic acids is 2. The Labute approximate surface area is 112 Å². The summed E-state index contributed by atoms with van der Waals surface area (Å²) < 4.78 is 0. The van der Waals surface area contributed by atoms with Crippen molar-refractivity contribution in [1.29, 1.82) is 0 Å². The van der Waals surface area contributed by atoms with Gasteiger partial charge < -0.3 is 9.80 Å². The first-order valence-electron chi connectivity index (χ1n) is 6.49. The quantitative estimate of drug-likeness (QED) is 0.728. The monoisotopic (exact) mass is 268 g/mol. The van der Waals surface area contributed by atoms with E-state index in [0.717, 1.165) is 37.3 Å². The van der Waals surface area contributed by atoms with Gasteiger partial charge in [0.05, 0.1) is 5.88 Å². The molecule has 2 rings (SSSR count). The van der Waals surface area contributed by atoms with Crippen molar-refractivity contribution in [2.75, 3.05) is 24.7 Å². The number of rotatable bonds is 3. The summed E-state index contributed by atoms with van der Waals surface area (Å²) in [5.41, 5.74) is 0.751. The maximum absolute atomic E-state index is 12.3. The van der Waals surface area contributed by atoms with Crippen LogP contribution in [0.15, 0.2) is 11.6 Å². The van der Waals surface area contributed by atoms with Crippen molar-refractivity contribution in [1.82, 2.24) is 9.80 Å². The molecule has 5 heteroatoms. The summed E-state index contributed by atoms with van der Waals surface area (Å²) in [6.45, 7) is 5.55. The molecule has 0 aromatic rings. The van der Waals surface area contributed by atoms with E-state index >= 15 is 0 Å². The van der Waals surface area contributed by atoms with Gasteiger partial charge in [-0.1, -0.05) is 13.0 Å². The fourth-order valence-corrected chi connectivity index (χ4v) is 3.36. The van der Waals surface area contributed by atoms with Gasteiger partial charge >= 0.3 is 0 Å². The van der Waals surface area contributed by atoms with Gasteiger partial charge in [0, 0.05) is 24.4 Å². The maximum atomic E-state index is 12.3. The SMILES string of the molecule is CCC=C(C)C(=O)N1CSCC1C(=O)N1CCC1. The van der Waals surface area contributed by atoms with Crippen molar-refractivity contribution in [3.05, 3.63) is 11.6 Å². The molecule has 2 amide bonds. The van der Waals surface area contributed by atoms with Gasteiger partial charge in [-0.15, -0.1) is 11.8 Å². The van der Waals surface area contributed by atoms with Gasteiger partial charge in [-0.05, 0) is 19.8 Å². The first-order valence-corrected chi connectivity index (χ1v) is 7.65. The molecule has 2 saturated heterocycles. The molecule has 2 heterocycles. The average Bonchev–Trinajstić information content (AvgIpc) is 2.74. The minimum absolute atomic E-state index is 0.0146. The van der Waals surface area contributed by atoms with Crippen LogP contribution < -0.4 is 0 Å². The van der Waals surface area contributed by atoms with E-state index in [1.54, 1.807) is 16.7 Å². The van der Waals surface area contributed by atoms with E-state index in [0.29, 0.717) is 5.88 Å². The summed E-state index contributed by atoms with van der Waals surface area (Å²) in [5.74, 6) is 1.52. The van der Waals surface area contributed by atoms with Gasteiger partial charge in [0.1, 0.15) is 6.04 Å². The van der Waals surface area contributed by atoms with E-state index in [4.69, 9.17) is 0 Å². The van der Waals surface area contributed by atoms with Crippen LogP contribution in [-0.4, -0.2) is 52.4 Å². The lowest BCUT2D eigenvalue weighted by atomic mass is 10.1. The number of thioether (sulfide) groups is 1. The van der Waals surface area contributed by atoms with Crippen LogP contribution in [0.1, 0.15) is 26.7 Å². The summed E-state index contributed by atoms with van der Waals surface area (Å²) in [4.78, 5) is 28.1. The lowest BCUT2D eigenvalue weighted by Gasteiger charge is -2.35. The van der Waals surface area contributed by atoms with Crippen LogP contribution in [0.3, 0.4) is 0 Å². The van der Waals surface area contributed by atoms with Crippen molar-refractivity contribution >= 4 is 23.6 Å². The molecule has 18 heavy (non-hydrogen) atoms. The predicted octanol–water partition coefficient (Wildman–Crippen LogP) is 1.48. The van der Waals surface area contributed by atoms with Crippen molar-refractivity contribution < 1.29 is 9.59 Å². The van der Waals surface area contributed by atoms with Crippen molar-refractivity contribution in [3.63, 3.8) is 0 Å². The van der Waals surface area contributed by atoms with Gasteiger partial charge in [-0.3, -0.25) is 9.59 Å². The number of amides is 2. The van der Waals surface area contributed by atoms with E-state index in [1.165, 1.54) is 0 Å². The molecule has 100 valence electrons. The second-order valence-electron chi connectivity index (χ2n) is 4.76. The highest BCUT2D eigenvalue weighted by molar-refractivity contribution is 7.99. The van der Waals surface area contributed by atoms with Crippen molar-refractivity contribution in [2.45, 2.75) is 32.7 Å². The molecule has 1 unspecified atom stereocenters. The molecule has 2 aliphatic rings. The smallest absolute Gasteiger partial charge is 0.250 e. The molecule has 2 fully saturated rings. The summed E-state index contributed by atoms with van der Waals surface area (Å²) in [6.07, 6.45) is 3.87. The Morgan fingerprint density at radius 1 is 1.39 bits per heavy atom. The highest BCUT2D eigenvalue weighted by Gasteiger charge is 2.38. The van der Waals surface area contributed by atoms with E-state index in [-0.39, 0.29) is 17.9 Å². The zero-order chi connectivity index (χ0) is 13.1. The zero-order valence-electron chi connectivity index (χ0n) is 11.0. The van der Waals surface area contributed by atoms with Gasteiger partial charge in [-0.2, -0.15) is 0 Å². The molecular formula is C13H20N2O2S. The normalized spacial score (nSPS) is 24.1. The van der Waals surface area contributed by atoms with Gasteiger partial charge in [-0.25, -0.2) is 0 Å². The minimum Gasteiger partial charge on any atom is -0.341 e. The Balaban J connectivity index is 2.04. The zero-order valence-corrected chi connectivity index (χ0v) is 11.8. The molecule has 2 aliphatic heterocycles. The molecule has 4 nitrogen and oxygen atoms in total. The Hall–Kier alpha value is -0.970. The Morgan fingerprint density at radius 3 is 2.67 bits per heavy atom. The predicted molar refractivity (Wildman–Crippen MR) is 73.2 cm³/mol. The van der Waals surface area contributed by atoms with E-state index < -0.39 is 0 Å². The second-order valence-corrected chi connectivity index (χ2v) is 5.76. The number of hydrogen-bond donors (Lipinski definition) is 0. The molecule has 0 radical (unpaired) electrons. The molecule has 1 atom stereocenters. The number of likely N-dealkylation sites (tertiary alicyclic amines) is 1. The standard InChI is InChI=1S/C13H20N2O2S/c1-3-5-10(2)12(16)15-9-18-8-11(15)13(17)14-6-4-7-14/h5,11H,3-4,6-9H2,1-2H3. The topological polar surface area (TPSA) is 40.6 Å². The summed E-state index contributed by atoms with van der Waals surface area (Å²) >= 11 is 1.66. The highest BCUT2D eigenvalue weighted by atomic mass is 32.2. The van der Waals surface area contributed by atoms with Crippen LogP contribution in [0.5, 0.6) is 0 Å². The molecular weight excluding hydrogens is 248 g/mol. The van der Waals surface area contributed by atoms with Gasteiger partial charge in [0.2, 0.25) is 5.91 Å². The largest absolute Gasteiger partial charge is 0.341 e. The average molecular weight is 268 g/mol. The third kappa shape index (κ3) is 2.55. The van der Waals surface area contributed by atoms with Crippen LogP contribution in [0.2, 0.25) is 0 Å². The molecule has 0 bridgehead atoms. The summed E-state index contributed by atoms with van der Waals surface area (Å²) in [7, 11) is 0. The van der Waals surface area contributed by atoms with Crippen molar-refractivity contribution in [3.8, 4) is 0 Å². The minimum atomic E-state index is -0.247.